The number of halogens is 2. The number of hydrogen-bond acceptors (Lipinski definition) is 7. The summed E-state index contributed by atoms with van der Waals surface area (Å²) < 4.78 is 64.0. The van der Waals surface area contributed by atoms with Crippen molar-refractivity contribution in [2.24, 2.45) is 4.99 Å². The van der Waals surface area contributed by atoms with Crippen molar-refractivity contribution in [1.82, 2.24) is 4.90 Å². The van der Waals surface area contributed by atoms with Gasteiger partial charge in [0.05, 0.1) is 30.7 Å². The zero-order valence-corrected chi connectivity index (χ0v) is 25.6. The van der Waals surface area contributed by atoms with Crippen molar-refractivity contribution in [3.63, 3.8) is 0 Å². The Hall–Kier alpha value is -5.03. The van der Waals surface area contributed by atoms with Crippen molar-refractivity contribution in [3.8, 4) is 22.6 Å². The Labute approximate surface area is 260 Å². The largest absolute Gasteiger partial charge is 0.465 e. The quantitative estimate of drug-likeness (QED) is 0.188. The molecule has 1 aliphatic rings. The van der Waals surface area contributed by atoms with Crippen LogP contribution in [-0.2, 0) is 14.8 Å². The number of anilines is 1. The van der Waals surface area contributed by atoms with Gasteiger partial charge >= 0.3 is 5.97 Å². The lowest BCUT2D eigenvalue weighted by molar-refractivity contribution is 0.0601. The van der Waals surface area contributed by atoms with E-state index in [4.69, 9.17) is 9.47 Å². The van der Waals surface area contributed by atoms with Gasteiger partial charge in [0.15, 0.2) is 0 Å². The number of aliphatic imine (C=N–C) groups is 1. The number of likely N-dealkylation sites (N-methyl/N-ethyl adjacent to an activating group) is 1. The maximum absolute atomic E-state index is 14.3. The van der Waals surface area contributed by atoms with Gasteiger partial charge in [0.25, 0.3) is 0 Å². The van der Waals surface area contributed by atoms with Crippen molar-refractivity contribution in [2.75, 3.05) is 31.2 Å². The highest BCUT2D eigenvalue weighted by atomic mass is 32.2. The molecular formula is C34H31F2N3O5S. The zero-order valence-electron chi connectivity index (χ0n) is 24.8. The van der Waals surface area contributed by atoms with E-state index < -0.39 is 33.7 Å². The number of sulfonamides is 1. The molecule has 0 saturated heterocycles. The first-order valence-electron chi connectivity index (χ1n) is 14.1. The van der Waals surface area contributed by atoms with Gasteiger partial charge in [-0.2, -0.15) is 0 Å². The van der Waals surface area contributed by atoms with Gasteiger partial charge in [-0.3, -0.25) is 9.71 Å². The van der Waals surface area contributed by atoms with Gasteiger partial charge in [0.2, 0.25) is 10.0 Å². The molecule has 0 radical (unpaired) electrons. The first-order chi connectivity index (χ1) is 21.5. The number of nitrogens with one attached hydrogen (secondary N) is 1. The Balaban J connectivity index is 1.26. The van der Waals surface area contributed by atoms with Crippen LogP contribution in [0.3, 0.4) is 0 Å². The molecule has 0 bridgehead atoms. The molecule has 1 aliphatic heterocycles. The third-order valence-corrected chi connectivity index (χ3v) is 7.75. The molecule has 1 unspecified atom stereocenters. The third kappa shape index (κ3) is 7.74. The number of methoxy groups -OCH3 is 1. The SMILES string of the molecule is CCN1CC(c2ccc(F)cc2F)N=C1/C=C/c1ccc(-c2ccc(Oc3ccc(NS(C)(=O)=O)c(C(=O)OC)c3)cc2)cc1. The van der Waals surface area contributed by atoms with E-state index in [0.29, 0.717) is 30.2 Å². The Bertz CT molecular complexity index is 1880. The molecule has 4 aromatic rings. The summed E-state index contributed by atoms with van der Waals surface area (Å²) in [5.74, 6) is -0.307. The molecule has 0 saturated carbocycles. The molecule has 11 heteroatoms. The number of benzene rings is 4. The molecule has 45 heavy (non-hydrogen) atoms. The van der Waals surface area contributed by atoms with E-state index in [-0.39, 0.29) is 11.3 Å². The Kier molecular flexibility index (Phi) is 9.29. The molecule has 5 rings (SSSR count). The first kappa shape index (κ1) is 31.4. The topological polar surface area (TPSA) is 97.3 Å². The second kappa shape index (κ2) is 13.3. The minimum absolute atomic E-state index is 0.0233. The van der Waals surface area contributed by atoms with E-state index >= 15 is 0 Å². The number of nitrogens with zero attached hydrogens (tertiary/aromatic N) is 2. The molecule has 0 spiro atoms. The highest BCUT2D eigenvalue weighted by Gasteiger charge is 2.26. The van der Waals surface area contributed by atoms with Crippen LogP contribution in [0.1, 0.15) is 34.5 Å². The summed E-state index contributed by atoms with van der Waals surface area (Å²) in [6.45, 7) is 3.24. The van der Waals surface area contributed by atoms with Crippen molar-refractivity contribution in [1.29, 1.82) is 0 Å². The Morgan fingerprint density at radius 1 is 0.956 bits per heavy atom. The number of carbonyl (C=O) groups excluding carboxylic acids is 1. The number of amidine groups is 1. The molecule has 8 nitrogen and oxygen atoms in total. The van der Waals surface area contributed by atoms with Gasteiger partial charge < -0.3 is 14.4 Å². The predicted molar refractivity (Wildman–Crippen MR) is 171 cm³/mol. The predicted octanol–water partition coefficient (Wildman–Crippen LogP) is 7.07. The number of rotatable bonds is 10. The molecule has 0 aliphatic carbocycles. The standard InChI is InChI=1S/C34H31F2N3O5S/c1-4-39-21-32(28-16-12-25(35)19-30(28)36)37-33(39)18-7-22-5-8-23(9-6-22)24-10-13-26(14-11-24)44-27-15-17-31(38-45(3,41)42)29(20-27)34(40)43-2/h5-20,32,38H,4,21H2,1-3H3/b18-7+. The van der Waals surface area contributed by atoms with Crippen LogP contribution in [-0.4, -0.2) is 51.6 Å². The van der Waals surface area contributed by atoms with Crippen LogP contribution in [0.15, 0.2) is 96.0 Å². The molecule has 0 amide bonds. The number of carbonyl (C=O) groups is 1. The summed E-state index contributed by atoms with van der Waals surface area (Å²) in [7, 11) is -2.39. The Morgan fingerprint density at radius 3 is 2.24 bits per heavy atom. The first-order valence-corrected chi connectivity index (χ1v) is 16.0. The molecule has 1 heterocycles. The van der Waals surface area contributed by atoms with Gasteiger partial charge in [-0.15, -0.1) is 0 Å². The molecule has 232 valence electrons. The average Bonchev–Trinajstić information content (AvgIpc) is 3.43. The van der Waals surface area contributed by atoms with Gasteiger partial charge in [-0.25, -0.2) is 22.0 Å². The van der Waals surface area contributed by atoms with Crippen molar-refractivity contribution in [2.45, 2.75) is 13.0 Å². The van der Waals surface area contributed by atoms with Crippen LogP contribution >= 0.6 is 0 Å². The van der Waals surface area contributed by atoms with E-state index in [2.05, 4.69) is 14.6 Å². The number of esters is 1. The minimum atomic E-state index is -3.60. The molecule has 1 N–H and O–H groups in total. The highest BCUT2D eigenvalue weighted by Crippen LogP contribution is 2.31. The van der Waals surface area contributed by atoms with E-state index in [9.17, 15) is 22.0 Å². The second-order valence-corrected chi connectivity index (χ2v) is 12.1. The lowest BCUT2D eigenvalue weighted by Crippen LogP contribution is -2.26. The summed E-state index contributed by atoms with van der Waals surface area (Å²) >= 11 is 0. The van der Waals surface area contributed by atoms with Crippen molar-refractivity contribution < 1.29 is 31.5 Å². The fourth-order valence-corrected chi connectivity index (χ4v) is 5.50. The molecule has 4 aromatic carbocycles. The summed E-state index contributed by atoms with van der Waals surface area (Å²) in [6.07, 6.45) is 4.85. The van der Waals surface area contributed by atoms with Crippen molar-refractivity contribution in [3.05, 3.63) is 119 Å². The maximum Gasteiger partial charge on any atom is 0.340 e. The third-order valence-electron chi connectivity index (χ3n) is 7.16. The zero-order chi connectivity index (χ0) is 32.1. The van der Waals surface area contributed by atoms with E-state index in [1.165, 1.54) is 31.4 Å². The highest BCUT2D eigenvalue weighted by molar-refractivity contribution is 7.92. The lowest BCUT2D eigenvalue weighted by atomic mass is 10.0. The van der Waals surface area contributed by atoms with Crippen LogP contribution in [0, 0.1) is 11.6 Å². The maximum atomic E-state index is 14.3. The summed E-state index contributed by atoms with van der Waals surface area (Å²) in [6, 6.07) is 23.0. The van der Waals surface area contributed by atoms with Crippen LogP contribution < -0.4 is 9.46 Å². The van der Waals surface area contributed by atoms with Gasteiger partial charge in [-0.05, 0) is 66.1 Å². The van der Waals surface area contributed by atoms with Gasteiger partial charge in [0.1, 0.15) is 29.0 Å². The molecule has 0 aromatic heterocycles. The normalized spacial score (nSPS) is 14.8. The second-order valence-electron chi connectivity index (χ2n) is 10.4. The van der Waals surface area contributed by atoms with Crippen molar-refractivity contribution >= 4 is 33.6 Å². The van der Waals surface area contributed by atoms with E-state index in [1.807, 2.05) is 55.5 Å². The average molecular weight is 632 g/mol. The fraction of sp³-hybridized carbons (Fsp3) is 0.176. The molecule has 0 fully saturated rings. The Morgan fingerprint density at radius 2 is 1.62 bits per heavy atom. The molecular weight excluding hydrogens is 600 g/mol. The van der Waals surface area contributed by atoms with Crippen LogP contribution in [0.4, 0.5) is 14.5 Å². The van der Waals surface area contributed by atoms with Gasteiger partial charge in [0, 0.05) is 24.7 Å². The summed E-state index contributed by atoms with van der Waals surface area (Å²) in [4.78, 5) is 19.0. The molecule has 1 atom stereocenters. The lowest BCUT2D eigenvalue weighted by Gasteiger charge is -2.17. The van der Waals surface area contributed by atoms with Crippen LogP contribution in [0.25, 0.3) is 17.2 Å². The summed E-state index contributed by atoms with van der Waals surface area (Å²) in [5, 5.41) is 0. The smallest absolute Gasteiger partial charge is 0.340 e. The number of hydrogen-bond donors (Lipinski definition) is 1. The summed E-state index contributed by atoms with van der Waals surface area (Å²) in [5.41, 5.74) is 3.41. The van der Waals surface area contributed by atoms with Crippen LogP contribution in [0.5, 0.6) is 11.5 Å². The minimum Gasteiger partial charge on any atom is -0.465 e. The fourth-order valence-electron chi connectivity index (χ4n) is 4.93. The van der Waals surface area contributed by atoms with Crippen LogP contribution in [0.2, 0.25) is 0 Å². The number of ether oxygens (including phenoxy) is 2. The van der Waals surface area contributed by atoms with E-state index in [0.717, 1.165) is 34.8 Å². The monoisotopic (exact) mass is 631 g/mol. The van der Waals surface area contributed by atoms with E-state index in [1.54, 1.807) is 18.2 Å². The van der Waals surface area contributed by atoms with Gasteiger partial charge in [-0.1, -0.05) is 48.5 Å².